The topological polar surface area (TPSA) is 3.24 Å². The molecule has 3 aromatic rings. The predicted octanol–water partition coefficient (Wildman–Crippen LogP) is 12.1. The molecular formula is C42H61N. The minimum absolute atomic E-state index is 0.575. The van der Waals surface area contributed by atoms with Gasteiger partial charge in [-0.15, -0.1) is 0 Å². The van der Waals surface area contributed by atoms with Gasteiger partial charge in [0.1, 0.15) is 0 Å². The summed E-state index contributed by atoms with van der Waals surface area (Å²) in [6.07, 6.45) is 11.8. The summed E-state index contributed by atoms with van der Waals surface area (Å²) in [6.45, 7) is 21.4. The highest BCUT2D eigenvalue weighted by atomic mass is 15.1. The third kappa shape index (κ3) is 8.99. The van der Waals surface area contributed by atoms with Crippen LogP contribution < -0.4 is 4.90 Å². The smallest absolute Gasteiger partial charge is 0.0401 e. The van der Waals surface area contributed by atoms with Crippen molar-refractivity contribution in [3.05, 3.63) is 99.6 Å². The molecule has 0 amide bonds. The molecule has 1 heteroatoms. The standard InChI is InChI=1S/C42H61N/c1-9-15-36(17-14-19-38-18-11-10-16-31(38)4)27-34(7)40-29-41(33(6)26-32(40)5)35(8)28-37-22-24-43(25-23-37)42-21-13-12-20-39(42)30(2)3/h10-13,16,18,20-21,26,29-30,34-37H,9,14-15,17,19,22-25,27-28H2,1-8H3/t34-,35-,36?/m1/s1. The lowest BCUT2D eigenvalue weighted by atomic mass is 9.79. The maximum atomic E-state index is 2.65. The van der Waals surface area contributed by atoms with Gasteiger partial charge in [0.15, 0.2) is 0 Å². The summed E-state index contributed by atoms with van der Waals surface area (Å²) in [6, 6.07) is 23.1. The highest BCUT2D eigenvalue weighted by Gasteiger charge is 2.25. The van der Waals surface area contributed by atoms with Gasteiger partial charge in [-0.05, 0) is 134 Å². The fourth-order valence-corrected chi connectivity index (χ4v) is 8.14. The zero-order chi connectivity index (χ0) is 30.9. The normalized spacial score (nSPS) is 16.4. The number of hydrogen-bond acceptors (Lipinski definition) is 1. The Morgan fingerprint density at radius 3 is 2.05 bits per heavy atom. The molecule has 3 atom stereocenters. The Hall–Kier alpha value is -2.54. The van der Waals surface area contributed by atoms with E-state index in [1.165, 1.54) is 104 Å². The van der Waals surface area contributed by atoms with Crippen molar-refractivity contribution in [2.75, 3.05) is 18.0 Å². The largest absolute Gasteiger partial charge is 0.371 e. The van der Waals surface area contributed by atoms with Crippen molar-refractivity contribution in [3.63, 3.8) is 0 Å². The number of anilines is 1. The molecule has 1 nitrogen and oxygen atoms in total. The third-order valence-electron chi connectivity index (χ3n) is 10.6. The summed E-state index contributed by atoms with van der Waals surface area (Å²) < 4.78 is 0. The zero-order valence-electron chi connectivity index (χ0n) is 28.9. The Morgan fingerprint density at radius 1 is 0.721 bits per heavy atom. The van der Waals surface area contributed by atoms with Crippen LogP contribution in [-0.4, -0.2) is 13.1 Å². The monoisotopic (exact) mass is 579 g/mol. The van der Waals surface area contributed by atoms with Gasteiger partial charge in [0.05, 0.1) is 0 Å². The summed E-state index contributed by atoms with van der Waals surface area (Å²) in [7, 11) is 0. The number of aryl methyl sites for hydroxylation is 4. The summed E-state index contributed by atoms with van der Waals surface area (Å²) in [4.78, 5) is 2.65. The number of benzene rings is 3. The highest BCUT2D eigenvalue weighted by Crippen LogP contribution is 2.38. The molecule has 0 radical (unpaired) electrons. The van der Waals surface area contributed by atoms with Crippen molar-refractivity contribution in [2.24, 2.45) is 11.8 Å². The van der Waals surface area contributed by atoms with E-state index in [1.807, 2.05) is 0 Å². The number of hydrogen-bond donors (Lipinski definition) is 0. The molecule has 0 aromatic heterocycles. The van der Waals surface area contributed by atoms with Crippen LogP contribution in [-0.2, 0) is 6.42 Å². The van der Waals surface area contributed by atoms with Gasteiger partial charge < -0.3 is 4.90 Å². The minimum atomic E-state index is 0.575. The van der Waals surface area contributed by atoms with Gasteiger partial charge in [0.2, 0.25) is 0 Å². The molecule has 1 fully saturated rings. The van der Waals surface area contributed by atoms with Crippen molar-refractivity contribution in [3.8, 4) is 0 Å². The lowest BCUT2D eigenvalue weighted by molar-refractivity contribution is 0.359. The van der Waals surface area contributed by atoms with Crippen molar-refractivity contribution < 1.29 is 0 Å². The van der Waals surface area contributed by atoms with E-state index in [9.17, 15) is 0 Å². The lowest BCUT2D eigenvalue weighted by Crippen LogP contribution is -2.34. The molecular weight excluding hydrogens is 518 g/mol. The molecule has 43 heavy (non-hydrogen) atoms. The Labute approximate surface area is 265 Å². The molecule has 234 valence electrons. The fraction of sp³-hybridized carbons (Fsp3) is 0.571. The molecule has 1 heterocycles. The van der Waals surface area contributed by atoms with Crippen molar-refractivity contribution in [1.82, 2.24) is 0 Å². The van der Waals surface area contributed by atoms with Crippen molar-refractivity contribution >= 4 is 5.69 Å². The summed E-state index contributed by atoms with van der Waals surface area (Å²) in [5, 5.41) is 0. The van der Waals surface area contributed by atoms with Crippen LogP contribution in [0.1, 0.15) is 143 Å². The second-order valence-electron chi connectivity index (χ2n) is 14.5. The van der Waals surface area contributed by atoms with Gasteiger partial charge >= 0.3 is 0 Å². The zero-order valence-corrected chi connectivity index (χ0v) is 28.9. The van der Waals surface area contributed by atoms with E-state index in [1.54, 1.807) is 11.1 Å². The average Bonchev–Trinajstić information content (AvgIpc) is 2.98. The quantitative estimate of drug-likeness (QED) is 0.184. The van der Waals surface area contributed by atoms with E-state index in [-0.39, 0.29) is 0 Å². The maximum absolute atomic E-state index is 2.65. The van der Waals surface area contributed by atoms with Crippen molar-refractivity contribution in [2.45, 2.75) is 131 Å². The van der Waals surface area contributed by atoms with Crippen LogP contribution in [0.5, 0.6) is 0 Å². The Kier molecular flexibility index (Phi) is 12.4. The second-order valence-corrected chi connectivity index (χ2v) is 14.5. The van der Waals surface area contributed by atoms with Gasteiger partial charge in [0.25, 0.3) is 0 Å². The maximum Gasteiger partial charge on any atom is 0.0401 e. The Balaban J connectivity index is 1.36. The van der Waals surface area contributed by atoms with Crippen LogP contribution in [0.2, 0.25) is 0 Å². The van der Waals surface area contributed by atoms with E-state index in [4.69, 9.17) is 0 Å². The molecule has 3 aromatic carbocycles. The number of rotatable bonds is 14. The molecule has 1 aliphatic rings. The number of para-hydroxylation sites is 1. The minimum Gasteiger partial charge on any atom is -0.371 e. The Morgan fingerprint density at radius 2 is 1.37 bits per heavy atom. The first-order valence-corrected chi connectivity index (χ1v) is 17.7. The number of piperidine rings is 1. The lowest BCUT2D eigenvalue weighted by Gasteiger charge is -2.36. The molecule has 1 aliphatic heterocycles. The Bertz CT molecular complexity index is 1280. The molecule has 0 bridgehead atoms. The third-order valence-corrected chi connectivity index (χ3v) is 10.6. The van der Waals surface area contributed by atoms with E-state index in [0.717, 1.165) is 11.8 Å². The second kappa shape index (κ2) is 16.0. The molecule has 0 aliphatic carbocycles. The first kappa shape index (κ1) is 33.4. The molecule has 1 unspecified atom stereocenters. The summed E-state index contributed by atoms with van der Waals surface area (Å²) >= 11 is 0. The van der Waals surface area contributed by atoms with Crippen LogP contribution in [0.25, 0.3) is 0 Å². The van der Waals surface area contributed by atoms with Crippen molar-refractivity contribution in [1.29, 1.82) is 0 Å². The first-order valence-electron chi connectivity index (χ1n) is 17.7. The average molecular weight is 580 g/mol. The van der Waals surface area contributed by atoms with Crippen LogP contribution in [0.4, 0.5) is 5.69 Å². The van der Waals surface area contributed by atoms with E-state index < -0.39 is 0 Å². The van der Waals surface area contributed by atoms with Gasteiger partial charge in [-0.1, -0.05) is 108 Å². The van der Waals surface area contributed by atoms with Crippen LogP contribution in [0.3, 0.4) is 0 Å². The van der Waals surface area contributed by atoms with Crippen LogP contribution in [0, 0.1) is 32.6 Å². The van der Waals surface area contributed by atoms with Gasteiger partial charge in [-0.2, -0.15) is 0 Å². The molecule has 4 rings (SSSR count). The number of nitrogens with zero attached hydrogens (tertiary/aromatic N) is 1. The molecule has 0 N–H and O–H groups in total. The fourth-order valence-electron chi connectivity index (χ4n) is 8.14. The summed E-state index contributed by atoms with van der Waals surface area (Å²) in [5.41, 5.74) is 12.1. The molecule has 1 saturated heterocycles. The van der Waals surface area contributed by atoms with Gasteiger partial charge in [0, 0.05) is 18.8 Å². The SMILES string of the molecule is CCCC(CCCc1ccccc1C)C[C@@H](C)c1cc([C@H](C)CC2CCN(c3ccccc3C(C)C)CC2)c(C)cc1C. The van der Waals surface area contributed by atoms with Crippen LogP contribution >= 0.6 is 0 Å². The van der Waals surface area contributed by atoms with Crippen LogP contribution in [0.15, 0.2) is 60.7 Å². The molecule has 0 spiro atoms. The van der Waals surface area contributed by atoms with Gasteiger partial charge in [-0.25, -0.2) is 0 Å². The summed E-state index contributed by atoms with van der Waals surface area (Å²) in [5.74, 6) is 3.45. The van der Waals surface area contributed by atoms with Gasteiger partial charge in [-0.3, -0.25) is 0 Å². The van der Waals surface area contributed by atoms with E-state index in [2.05, 4.69) is 121 Å². The highest BCUT2D eigenvalue weighted by molar-refractivity contribution is 5.55. The van der Waals surface area contributed by atoms with E-state index >= 15 is 0 Å². The van der Waals surface area contributed by atoms with E-state index in [0.29, 0.717) is 17.8 Å². The molecule has 0 saturated carbocycles. The first-order chi connectivity index (χ1) is 20.7. The predicted molar refractivity (Wildman–Crippen MR) is 190 cm³/mol.